The molecule has 0 spiro atoms. The van der Waals surface area contributed by atoms with Crippen molar-refractivity contribution in [1.29, 1.82) is 0 Å². The molecule has 0 bridgehead atoms. The lowest BCUT2D eigenvalue weighted by atomic mass is 10.0. The average molecular weight is 427 g/mol. The van der Waals surface area contributed by atoms with Crippen molar-refractivity contribution in [3.63, 3.8) is 0 Å². The third-order valence-corrected chi connectivity index (χ3v) is 6.04. The number of carbonyl (C=O) groups is 1. The summed E-state index contributed by atoms with van der Waals surface area (Å²) in [5, 5.41) is 6.19. The second kappa shape index (κ2) is 8.51. The van der Waals surface area contributed by atoms with Crippen LogP contribution in [0.3, 0.4) is 0 Å². The van der Waals surface area contributed by atoms with E-state index in [1.165, 1.54) is 0 Å². The quantitative estimate of drug-likeness (QED) is 0.457. The SMILES string of the molecule is CN1CCN(c2cccc(C(=O)Cc3cc4cc(-c5cnn(C)c5)ncc4cn3)c2)CC1. The van der Waals surface area contributed by atoms with Crippen LogP contribution in [0.15, 0.2) is 61.2 Å². The molecule has 1 fully saturated rings. The molecule has 0 N–H and O–H groups in total. The summed E-state index contributed by atoms with van der Waals surface area (Å²) in [5.74, 6) is 0.0781. The van der Waals surface area contributed by atoms with Gasteiger partial charge in [0.15, 0.2) is 5.78 Å². The number of fused-ring (bicyclic) bond motifs is 1. The number of aryl methyl sites for hydroxylation is 1. The van der Waals surface area contributed by atoms with Crippen molar-refractivity contribution in [2.75, 3.05) is 38.1 Å². The van der Waals surface area contributed by atoms with Crippen LogP contribution in [0.1, 0.15) is 16.1 Å². The van der Waals surface area contributed by atoms with E-state index >= 15 is 0 Å². The van der Waals surface area contributed by atoms with Crippen molar-refractivity contribution in [2.24, 2.45) is 7.05 Å². The Morgan fingerprint density at radius 3 is 2.53 bits per heavy atom. The van der Waals surface area contributed by atoms with Gasteiger partial charge in [0.1, 0.15) is 0 Å². The van der Waals surface area contributed by atoms with E-state index in [2.05, 4.69) is 38.0 Å². The molecule has 1 aliphatic rings. The Morgan fingerprint density at radius 2 is 1.75 bits per heavy atom. The van der Waals surface area contributed by atoms with Crippen molar-refractivity contribution in [1.82, 2.24) is 24.6 Å². The summed E-state index contributed by atoms with van der Waals surface area (Å²) in [6.07, 6.45) is 7.61. The number of benzene rings is 1. The second-order valence-corrected chi connectivity index (χ2v) is 8.44. The third-order valence-electron chi connectivity index (χ3n) is 6.04. The maximum absolute atomic E-state index is 13.0. The van der Waals surface area contributed by atoms with E-state index in [4.69, 9.17) is 0 Å². The van der Waals surface area contributed by atoms with Gasteiger partial charge in [-0.1, -0.05) is 12.1 Å². The molecule has 7 heteroatoms. The summed E-state index contributed by atoms with van der Waals surface area (Å²) >= 11 is 0. The minimum atomic E-state index is 0.0781. The number of likely N-dealkylation sites (N-methyl/N-ethyl adjacent to an activating group) is 1. The van der Waals surface area contributed by atoms with Crippen LogP contribution in [0.2, 0.25) is 0 Å². The molecule has 0 saturated carbocycles. The van der Waals surface area contributed by atoms with Gasteiger partial charge in [0.2, 0.25) is 0 Å². The number of carbonyl (C=O) groups excluding carboxylic acids is 1. The van der Waals surface area contributed by atoms with Gasteiger partial charge in [0.25, 0.3) is 0 Å². The van der Waals surface area contributed by atoms with Gasteiger partial charge in [0.05, 0.1) is 18.3 Å². The smallest absolute Gasteiger partial charge is 0.168 e. The van der Waals surface area contributed by atoms with Gasteiger partial charge < -0.3 is 9.80 Å². The number of hydrogen-bond acceptors (Lipinski definition) is 6. The zero-order chi connectivity index (χ0) is 22.1. The zero-order valence-corrected chi connectivity index (χ0v) is 18.4. The van der Waals surface area contributed by atoms with Crippen LogP contribution >= 0.6 is 0 Å². The van der Waals surface area contributed by atoms with E-state index in [1.54, 1.807) is 17.1 Å². The number of ketones is 1. The lowest BCUT2D eigenvalue weighted by Crippen LogP contribution is -2.44. The third kappa shape index (κ3) is 4.24. The van der Waals surface area contributed by atoms with Crippen molar-refractivity contribution < 1.29 is 4.79 Å². The molecule has 4 aromatic rings. The molecule has 0 radical (unpaired) electrons. The molecule has 162 valence electrons. The largest absolute Gasteiger partial charge is 0.369 e. The first-order chi connectivity index (χ1) is 15.5. The summed E-state index contributed by atoms with van der Waals surface area (Å²) in [7, 11) is 4.03. The highest BCUT2D eigenvalue weighted by Crippen LogP contribution is 2.23. The van der Waals surface area contributed by atoms with Gasteiger partial charge in [0, 0.05) is 79.7 Å². The van der Waals surface area contributed by atoms with Crippen molar-refractivity contribution >= 4 is 22.2 Å². The number of pyridine rings is 2. The number of anilines is 1. The highest BCUT2D eigenvalue weighted by atomic mass is 16.1. The maximum atomic E-state index is 13.0. The number of Topliss-reactive ketones (excluding diaryl/α,β-unsaturated/α-hetero) is 1. The Morgan fingerprint density at radius 1 is 0.938 bits per heavy atom. The Balaban J connectivity index is 1.36. The van der Waals surface area contributed by atoms with Gasteiger partial charge in [-0.05, 0) is 36.7 Å². The number of hydrogen-bond donors (Lipinski definition) is 0. The summed E-state index contributed by atoms with van der Waals surface area (Å²) in [6, 6.07) is 12.0. The van der Waals surface area contributed by atoms with E-state index in [9.17, 15) is 4.79 Å². The first-order valence-electron chi connectivity index (χ1n) is 10.9. The number of piperazine rings is 1. The lowest BCUT2D eigenvalue weighted by molar-refractivity contribution is 0.0992. The number of aromatic nitrogens is 4. The Labute approximate surface area is 187 Å². The summed E-state index contributed by atoms with van der Waals surface area (Å²) in [5.41, 5.74) is 4.42. The maximum Gasteiger partial charge on any atom is 0.168 e. The summed E-state index contributed by atoms with van der Waals surface area (Å²) in [6.45, 7) is 4.03. The molecule has 1 aromatic carbocycles. The van der Waals surface area contributed by atoms with E-state index in [0.29, 0.717) is 0 Å². The van der Waals surface area contributed by atoms with Gasteiger partial charge in [-0.15, -0.1) is 0 Å². The molecule has 7 nitrogen and oxygen atoms in total. The van der Waals surface area contributed by atoms with Crippen LogP contribution in [0.4, 0.5) is 5.69 Å². The minimum Gasteiger partial charge on any atom is -0.369 e. The summed E-state index contributed by atoms with van der Waals surface area (Å²) < 4.78 is 1.76. The Kier molecular flexibility index (Phi) is 5.41. The zero-order valence-electron chi connectivity index (χ0n) is 18.4. The Hall–Kier alpha value is -3.58. The molecule has 0 aliphatic carbocycles. The van der Waals surface area contributed by atoms with E-state index < -0.39 is 0 Å². The highest BCUT2D eigenvalue weighted by molar-refractivity contribution is 5.98. The molecule has 4 heterocycles. The van der Waals surface area contributed by atoms with Crippen LogP contribution in [0.25, 0.3) is 22.0 Å². The normalized spacial score (nSPS) is 14.8. The van der Waals surface area contributed by atoms with E-state index in [-0.39, 0.29) is 12.2 Å². The molecule has 5 rings (SSSR count). The molecule has 0 atom stereocenters. The molecule has 0 amide bonds. The Bertz CT molecular complexity index is 1270. The minimum absolute atomic E-state index is 0.0781. The fourth-order valence-corrected chi connectivity index (χ4v) is 4.10. The fourth-order valence-electron chi connectivity index (χ4n) is 4.10. The second-order valence-electron chi connectivity index (χ2n) is 8.44. The lowest BCUT2D eigenvalue weighted by Gasteiger charge is -2.34. The van der Waals surface area contributed by atoms with Gasteiger partial charge >= 0.3 is 0 Å². The van der Waals surface area contributed by atoms with Crippen LogP contribution in [0.5, 0.6) is 0 Å². The summed E-state index contributed by atoms with van der Waals surface area (Å²) in [4.78, 5) is 26.7. The van der Waals surface area contributed by atoms with Gasteiger partial charge in [-0.25, -0.2) is 0 Å². The average Bonchev–Trinajstić information content (AvgIpc) is 3.25. The number of nitrogens with zero attached hydrogens (tertiary/aromatic N) is 6. The van der Waals surface area contributed by atoms with E-state index in [0.717, 1.165) is 65.2 Å². The molecule has 32 heavy (non-hydrogen) atoms. The predicted octanol–water partition coefficient (Wildman–Crippen LogP) is 3.21. The van der Waals surface area contributed by atoms with Crippen LogP contribution in [-0.4, -0.2) is 63.7 Å². The fraction of sp³-hybridized carbons (Fsp3) is 0.280. The standard InChI is InChI=1S/C25H26N6O/c1-29-6-8-31(9-7-29)23-5-3-4-18(11-23)25(32)13-22-10-19-12-24(21-16-28-30(2)17-21)27-15-20(19)14-26-22/h3-5,10-12,14-17H,6-9,13H2,1-2H3. The van der Waals surface area contributed by atoms with Gasteiger partial charge in [-0.3, -0.25) is 19.4 Å². The van der Waals surface area contributed by atoms with Crippen molar-refractivity contribution in [3.05, 3.63) is 72.4 Å². The van der Waals surface area contributed by atoms with Crippen molar-refractivity contribution in [3.8, 4) is 11.3 Å². The van der Waals surface area contributed by atoms with Crippen LogP contribution in [0, 0.1) is 0 Å². The van der Waals surface area contributed by atoms with Crippen LogP contribution in [-0.2, 0) is 13.5 Å². The van der Waals surface area contributed by atoms with E-state index in [1.807, 2.05) is 49.8 Å². The number of rotatable bonds is 5. The first kappa shape index (κ1) is 20.3. The molecular formula is C25H26N6O. The molecule has 1 saturated heterocycles. The molecular weight excluding hydrogens is 400 g/mol. The van der Waals surface area contributed by atoms with Crippen LogP contribution < -0.4 is 4.90 Å². The topological polar surface area (TPSA) is 67.2 Å². The first-order valence-corrected chi connectivity index (χ1v) is 10.9. The van der Waals surface area contributed by atoms with Crippen molar-refractivity contribution in [2.45, 2.75) is 6.42 Å². The monoisotopic (exact) mass is 426 g/mol. The molecule has 0 unspecified atom stereocenters. The predicted molar refractivity (Wildman–Crippen MR) is 126 cm³/mol. The molecule has 1 aliphatic heterocycles. The molecule has 3 aromatic heterocycles. The van der Waals surface area contributed by atoms with Gasteiger partial charge in [-0.2, -0.15) is 5.10 Å². The highest BCUT2D eigenvalue weighted by Gasteiger charge is 2.16.